The lowest BCUT2D eigenvalue weighted by molar-refractivity contribution is -0.123. The molecule has 1 saturated heterocycles. The van der Waals surface area contributed by atoms with Gasteiger partial charge in [-0.2, -0.15) is 0 Å². The van der Waals surface area contributed by atoms with Crippen LogP contribution < -0.4 is 10.6 Å². The van der Waals surface area contributed by atoms with Crippen LogP contribution in [0.2, 0.25) is 13.1 Å². The van der Waals surface area contributed by atoms with Crippen molar-refractivity contribution in [3.63, 3.8) is 0 Å². The van der Waals surface area contributed by atoms with Crippen LogP contribution in [0.5, 0.6) is 0 Å². The SMILES string of the molecule is C[SiH](C)OC([C@H]1CNCC(=O)N1)C(C)(C)C. The fourth-order valence-electron chi connectivity index (χ4n) is 2.03. The van der Waals surface area contributed by atoms with Crippen LogP contribution in [0.3, 0.4) is 0 Å². The molecule has 0 aromatic carbocycles. The smallest absolute Gasteiger partial charge is 0.234 e. The van der Waals surface area contributed by atoms with Crippen molar-refractivity contribution in [2.75, 3.05) is 13.1 Å². The van der Waals surface area contributed by atoms with Crippen molar-refractivity contribution >= 4 is 14.9 Å². The number of hydrogen-bond donors (Lipinski definition) is 2. The Bertz CT molecular complexity index is 251. The zero-order valence-electron chi connectivity index (χ0n) is 11.0. The minimum atomic E-state index is -1.10. The normalized spacial score (nSPS) is 24.4. The van der Waals surface area contributed by atoms with E-state index in [1.165, 1.54) is 0 Å². The molecule has 2 N–H and O–H groups in total. The average molecular weight is 244 g/mol. The molecule has 94 valence electrons. The Hall–Kier alpha value is -0.393. The molecule has 1 rings (SSSR count). The Balaban J connectivity index is 2.71. The summed E-state index contributed by atoms with van der Waals surface area (Å²) in [5, 5.41) is 6.16. The van der Waals surface area contributed by atoms with Crippen LogP contribution in [0.25, 0.3) is 0 Å². The monoisotopic (exact) mass is 244 g/mol. The van der Waals surface area contributed by atoms with E-state index < -0.39 is 9.04 Å². The molecule has 1 amide bonds. The van der Waals surface area contributed by atoms with Gasteiger partial charge in [0.25, 0.3) is 0 Å². The summed E-state index contributed by atoms with van der Waals surface area (Å²) >= 11 is 0. The van der Waals surface area contributed by atoms with Crippen molar-refractivity contribution in [3.05, 3.63) is 0 Å². The summed E-state index contributed by atoms with van der Waals surface area (Å²) in [5.74, 6) is 0.0690. The standard InChI is InChI=1S/C11H24N2O2Si/c1-11(2,3)10(15-16(4)5)8-6-12-7-9(14)13-8/h8,10,12,16H,6-7H2,1-5H3,(H,13,14)/t8-,10?/m1/s1. The number of piperazine rings is 1. The van der Waals surface area contributed by atoms with E-state index in [4.69, 9.17) is 4.43 Å². The molecule has 0 bridgehead atoms. The quantitative estimate of drug-likeness (QED) is 0.710. The highest BCUT2D eigenvalue weighted by Crippen LogP contribution is 2.26. The summed E-state index contributed by atoms with van der Waals surface area (Å²) in [4.78, 5) is 11.4. The molecule has 2 atom stereocenters. The van der Waals surface area contributed by atoms with Gasteiger partial charge >= 0.3 is 0 Å². The highest BCUT2D eigenvalue weighted by atomic mass is 28.3. The first-order valence-corrected chi connectivity index (χ1v) is 8.74. The van der Waals surface area contributed by atoms with Gasteiger partial charge in [-0.3, -0.25) is 4.79 Å². The Labute approximate surface area is 99.9 Å². The molecule has 1 aliphatic rings. The molecule has 0 radical (unpaired) electrons. The van der Waals surface area contributed by atoms with E-state index in [1.54, 1.807) is 0 Å². The highest BCUT2D eigenvalue weighted by molar-refractivity contribution is 6.48. The molecule has 0 saturated carbocycles. The average Bonchev–Trinajstić information content (AvgIpc) is 2.12. The molecule has 0 spiro atoms. The third kappa shape index (κ3) is 3.88. The van der Waals surface area contributed by atoms with Gasteiger partial charge in [-0.15, -0.1) is 0 Å². The van der Waals surface area contributed by atoms with Crippen LogP contribution in [0.15, 0.2) is 0 Å². The van der Waals surface area contributed by atoms with Crippen molar-refractivity contribution in [1.82, 2.24) is 10.6 Å². The fourth-order valence-corrected chi connectivity index (χ4v) is 3.21. The van der Waals surface area contributed by atoms with Gasteiger partial charge in [0.05, 0.1) is 18.7 Å². The molecule has 0 aromatic heterocycles. The second kappa shape index (κ2) is 5.29. The van der Waals surface area contributed by atoms with E-state index in [-0.39, 0.29) is 23.5 Å². The summed E-state index contributed by atoms with van der Waals surface area (Å²) in [6.07, 6.45) is 0.0934. The zero-order chi connectivity index (χ0) is 12.3. The molecule has 0 aromatic rings. The third-order valence-corrected chi connectivity index (χ3v) is 3.47. The largest absolute Gasteiger partial charge is 0.415 e. The first-order chi connectivity index (χ1) is 7.30. The van der Waals surface area contributed by atoms with Gasteiger partial charge in [-0.25, -0.2) is 0 Å². The summed E-state index contributed by atoms with van der Waals surface area (Å²) in [5.41, 5.74) is 0.0498. The lowest BCUT2D eigenvalue weighted by Gasteiger charge is -2.40. The van der Waals surface area contributed by atoms with E-state index >= 15 is 0 Å². The van der Waals surface area contributed by atoms with E-state index in [9.17, 15) is 4.79 Å². The van der Waals surface area contributed by atoms with Crippen LogP contribution in [0, 0.1) is 5.41 Å². The topological polar surface area (TPSA) is 50.4 Å². The van der Waals surface area contributed by atoms with Gasteiger partial charge in [-0.05, 0) is 18.5 Å². The molecule has 1 aliphatic heterocycles. The van der Waals surface area contributed by atoms with Crippen molar-refractivity contribution in [2.45, 2.75) is 46.0 Å². The maximum Gasteiger partial charge on any atom is 0.234 e. The van der Waals surface area contributed by atoms with Crippen molar-refractivity contribution < 1.29 is 9.22 Å². The Morgan fingerprint density at radius 3 is 2.50 bits per heavy atom. The van der Waals surface area contributed by atoms with Crippen LogP contribution in [0.4, 0.5) is 0 Å². The molecular formula is C11H24N2O2Si. The van der Waals surface area contributed by atoms with Crippen LogP contribution >= 0.6 is 0 Å². The predicted molar refractivity (Wildman–Crippen MR) is 68.0 cm³/mol. The van der Waals surface area contributed by atoms with Crippen LogP contribution in [-0.4, -0.2) is 40.2 Å². The predicted octanol–water partition coefficient (Wildman–Crippen LogP) is 0.489. The van der Waals surface area contributed by atoms with Gasteiger partial charge < -0.3 is 15.1 Å². The van der Waals surface area contributed by atoms with E-state index in [1.807, 2.05) is 0 Å². The minimum Gasteiger partial charge on any atom is -0.415 e. The van der Waals surface area contributed by atoms with Gasteiger partial charge in [0.1, 0.15) is 0 Å². The molecule has 1 unspecified atom stereocenters. The maximum atomic E-state index is 11.4. The maximum absolute atomic E-state index is 11.4. The summed E-state index contributed by atoms with van der Waals surface area (Å²) in [6, 6.07) is 0.0937. The summed E-state index contributed by atoms with van der Waals surface area (Å²) in [7, 11) is -1.10. The molecule has 1 heterocycles. The van der Waals surface area contributed by atoms with Crippen molar-refractivity contribution in [3.8, 4) is 0 Å². The second-order valence-corrected chi connectivity index (χ2v) is 8.15. The van der Waals surface area contributed by atoms with Crippen LogP contribution in [0.1, 0.15) is 20.8 Å². The van der Waals surface area contributed by atoms with E-state index in [0.29, 0.717) is 6.54 Å². The lowest BCUT2D eigenvalue weighted by atomic mass is 9.84. The fraction of sp³-hybridized carbons (Fsp3) is 0.909. The van der Waals surface area contributed by atoms with Gasteiger partial charge in [0, 0.05) is 6.54 Å². The number of carbonyl (C=O) groups is 1. The summed E-state index contributed by atoms with van der Waals surface area (Å²) in [6.45, 7) is 12.0. The van der Waals surface area contributed by atoms with E-state index in [2.05, 4.69) is 44.5 Å². The minimum absolute atomic E-state index is 0.0498. The molecule has 4 nitrogen and oxygen atoms in total. The Morgan fingerprint density at radius 1 is 1.44 bits per heavy atom. The van der Waals surface area contributed by atoms with Gasteiger partial charge in [-0.1, -0.05) is 20.8 Å². The van der Waals surface area contributed by atoms with Gasteiger partial charge in [0.2, 0.25) is 5.91 Å². The molecule has 1 fully saturated rings. The lowest BCUT2D eigenvalue weighted by Crippen LogP contribution is -2.60. The number of carbonyl (C=O) groups excluding carboxylic acids is 1. The van der Waals surface area contributed by atoms with Crippen LogP contribution in [-0.2, 0) is 9.22 Å². The second-order valence-electron chi connectivity index (χ2n) is 5.78. The van der Waals surface area contributed by atoms with Gasteiger partial charge in [0.15, 0.2) is 9.04 Å². The zero-order valence-corrected chi connectivity index (χ0v) is 12.1. The number of rotatable bonds is 3. The first-order valence-electron chi connectivity index (χ1n) is 5.96. The number of hydrogen-bond acceptors (Lipinski definition) is 3. The molecule has 16 heavy (non-hydrogen) atoms. The highest BCUT2D eigenvalue weighted by Gasteiger charge is 2.35. The molecular weight excluding hydrogens is 220 g/mol. The van der Waals surface area contributed by atoms with Crippen molar-refractivity contribution in [1.29, 1.82) is 0 Å². The summed E-state index contributed by atoms with van der Waals surface area (Å²) < 4.78 is 6.09. The number of nitrogens with one attached hydrogen (secondary N) is 2. The Morgan fingerprint density at radius 2 is 2.06 bits per heavy atom. The molecule has 5 heteroatoms. The molecule has 0 aliphatic carbocycles. The first kappa shape index (κ1) is 13.7. The number of amides is 1. The Kier molecular flexibility index (Phi) is 4.52. The third-order valence-electron chi connectivity index (χ3n) is 2.63. The van der Waals surface area contributed by atoms with Crippen molar-refractivity contribution in [2.24, 2.45) is 5.41 Å². The van der Waals surface area contributed by atoms with E-state index in [0.717, 1.165) is 6.54 Å².